The van der Waals surface area contributed by atoms with E-state index >= 15 is 0 Å². The number of imidazole rings is 2. The van der Waals surface area contributed by atoms with Crippen molar-refractivity contribution in [3.8, 4) is 34.0 Å². The molecule has 1 aliphatic heterocycles. The van der Waals surface area contributed by atoms with Crippen molar-refractivity contribution in [2.45, 2.75) is 25.9 Å². The first-order valence-electron chi connectivity index (χ1n) is 19.8. The summed E-state index contributed by atoms with van der Waals surface area (Å²) in [5, 5.41) is 62.1. The molecule has 7 N–H and O–H groups in total. The van der Waals surface area contributed by atoms with Crippen molar-refractivity contribution in [2.75, 3.05) is 30.4 Å². The van der Waals surface area contributed by atoms with E-state index in [9.17, 15) is 22.7 Å². The molecule has 10 rings (SSSR count). The van der Waals surface area contributed by atoms with Crippen molar-refractivity contribution in [1.82, 2.24) is 69.6 Å². The molecule has 348 valence electrons. The number of fused-ring (bicyclic) bond motifs is 2. The smallest absolute Gasteiger partial charge is 0.423 e. The maximum Gasteiger partial charge on any atom is 0.489 e. The van der Waals surface area contributed by atoms with Crippen molar-refractivity contribution in [2.24, 2.45) is 4.99 Å². The first-order chi connectivity index (χ1) is 33.0. The minimum Gasteiger partial charge on any atom is -0.423 e. The predicted molar refractivity (Wildman–Crippen MR) is 238 cm³/mol. The van der Waals surface area contributed by atoms with Gasteiger partial charge in [-0.1, -0.05) is 6.08 Å². The van der Waals surface area contributed by atoms with Gasteiger partial charge in [-0.2, -0.15) is 22.7 Å². The van der Waals surface area contributed by atoms with Crippen LogP contribution in [0.1, 0.15) is 24.6 Å². The van der Waals surface area contributed by atoms with E-state index < -0.39 is 31.8 Å². The summed E-state index contributed by atoms with van der Waals surface area (Å²) < 4.78 is 64.6. The number of rotatable bonds is 14. The lowest BCUT2D eigenvalue weighted by molar-refractivity contribution is 0.115. The molecule has 8 heterocycles. The van der Waals surface area contributed by atoms with Gasteiger partial charge in [-0.05, 0) is 45.7 Å². The Morgan fingerprint density at radius 1 is 0.691 bits per heavy atom. The molecular weight excluding hydrogens is 969 g/mol. The Hall–Kier alpha value is -7.86. The van der Waals surface area contributed by atoms with Crippen molar-refractivity contribution < 1.29 is 46.7 Å². The van der Waals surface area contributed by atoms with E-state index in [0.717, 1.165) is 37.7 Å². The minimum absolute atomic E-state index is 0.00570. The molecule has 0 saturated carbocycles. The molecule has 0 atom stereocenters. The van der Waals surface area contributed by atoms with Gasteiger partial charge in [-0.3, -0.25) is 10.1 Å². The van der Waals surface area contributed by atoms with Gasteiger partial charge in [0.2, 0.25) is 11.9 Å². The highest BCUT2D eigenvalue weighted by Gasteiger charge is 2.20. The molecule has 0 amide bonds. The number of H-pyrrole nitrogens is 1. The molecule has 0 aliphatic carbocycles. The van der Waals surface area contributed by atoms with Crippen LogP contribution in [0.4, 0.5) is 40.8 Å². The van der Waals surface area contributed by atoms with Crippen LogP contribution in [0.25, 0.3) is 56.1 Å². The van der Waals surface area contributed by atoms with E-state index in [-0.39, 0.29) is 36.9 Å². The summed E-state index contributed by atoms with van der Waals surface area (Å²) in [6.45, 7) is 1.35. The van der Waals surface area contributed by atoms with Gasteiger partial charge in [0.1, 0.15) is 5.52 Å². The van der Waals surface area contributed by atoms with Crippen molar-refractivity contribution in [3.63, 3.8) is 0 Å². The second-order valence-electron chi connectivity index (χ2n) is 13.9. The third-order valence-corrected chi connectivity index (χ3v) is 10.0. The summed E-state index contributed by atoms with van der Waals surface area (Å²) in [6.07, 6.45) is 9.77. The second-order valence-corrected chi connectivity index (χ2v) is 14.8. The Bertz CT molecular complexity index is 3170. The summed E-state index contributed by atoms with van der Waals surface area (Å²) in [6, 6.07) is 7.43. The fourth-order valence-electron chi connectivity index (χ4n) is 6.30. The average Bonchev–Trinajstić information content (AvgIpc) is 4.20. The monoisotopic (exact) mass is 1000 g/mol. The fourth-order valence-corrected chi connectivity index (χ4v) is 6.85. The zero-order valence-corrected chi connectivity index (χ0v) is 36.2. The van der Waals surface area contributed by atoms with Gasteiger partial charge < -0.3 is 48.9 Å². The Labute approximate surface area is 387 Å². The van der Waals surface area contributed by atoms with Crippen LogP contribution in [-0.2, 0) is 13.1 Å². The number of hydrogen-bond donors (Lipinski definition) is 7. The van der Waals surface area contributed by atoms with Gasteiger partial charge >= 0.3 is 20.0 Å². The van der Waals surface area contributed by atoms with Gasteiger partial charge in [0, 0.05) is 77.3 Å². The lowest BCUT2D eigenvalue weighted by Crippen LogP contribution is -2.14. The molecule has 68 heavy (non-hydrogen) atoms. The number of aliphatic imine (C=N–C) groups is 1. The van der Waals surface area contributed by atoms with Gasteiger partial charge in [-0.25, -0.2) is 29.9 Å². The number of aliphatic hydroxyl groups excluding tert-OH is 2. The van der Waals surface area contributed by atoms with E-state index in [4.69, 9.17) is 24.0 Å². The number of allylic oxidation sites excluding steroid dienone is 1. The standard InChI is InChI=1S/C19H15F2N9O2.C16H12BrF2N7O2.C4H6BNO2/c20-16(21)18-29-28-17(32-18)11-5-22-19(23-6-11)27-12-3-13(10-7-25-26-8-10)15-14(4-12)30(1-2-31)9-24-15;17-10-3-9(4-11-12(10)22-7-26(11)1-2-27)23-16-20-5-8(6-21-16)14-24-25-15(28-14)13(18)19;7-5(8)4-1-2-6-3-4/h3-9,16,31H,1-2H2,(H,25,26)(H,22,23,27);3-7,13,27H,1-2H2,(H,20,21,23);1,3,7-8H,2H2. The third kappa shape index (κ3) is 10.9. The molecule has 0 unspecified atom stereocenters. The molecule has 0 spiro atoms. The van der Waals surface area contributed by atoms with Crippen LogP contribution in [-0.4, -0.2) is 123 Å². The first-order valence-corrected chi connectivity index (χ1v) is 20.6. The third-order valence-electron chi connectivity index (χ3n) is 9.43. The number of aromatic nitrogens is 14. The van der Waals surface area contributed by atoms with Crippen LogP contribution in [0.3, 0.4) is 0 Å². The molecule has 29 heteroatoms. The molecule has 1 aliphatic rings. The second kappa shape index (κ2) is 21.2. The highest BCUT2D eigenvalue weighted by molar-refractivity contribution is 9.10. The molecule has 2 aromatic carbocycles. The number of halogens is 5. The van der Waals surface area contributed by atoms with Crippen LogP contribution >= 0.6 is 15.9 Å². The number of aromatic amines is 1. The predicted octanol–water partition coefficient (Wildman–Crippen LogP) is 5.26. The maximum absolute atomic E-state index is 12.6. The average molecular weight is 1000 g/mol. The summed E-state index contributed by atoms with van der Waals surface area (Å²) in [5.41, 5.74) is 7.33. The molecule has 7 aromatic heterocycles. The molecule has 0 fully saturated rings. The lowest BCUT2D eigenvalue weighted by atomic mass is 9.81. The Balaban J connectivity index is 0.000000159. The van der Waals surface area contributed by atoms with Crippen LogP contribution in [0, 0.1) is 0 Å². The molecule has 0 radical (unpaired) electrons. The summed E-state index contributed by atoms with van der Waals surface area (Å²) in [5.74, 6) is -1.14. The topological polar surface area (TPSA) is 311 Å². The number of anilines is 4. The number of nitrogens with one attached hydrogen (secondary N) is 3. The van der Waals surface area contributed by atoms with Crippen LogP contribution in [0.15, 0.2) is 104 Å². The van der Waals surface area contributed by atoms with Crippen LogP contribution in [0.5, 0.6) is 0 Å². The zero-order valence-electron chi connectivity index (χ0n) is 34.6. The Kier molecular flexibility index (Phi) is 14.5. The fraction of sp³-hybridized carbons (Fsp3) is 0.179. The normalized spacial score (nSPS) is 12.1. The van der Waals surface area contributed by atoms with Gasteiger partial charge in [0.25, 0.3) is 23.6 Å². The Morgan fingerprint density at radius 2 is 1.22 bits per heavy atom. The summed E-state index contributed by atoms with van der Waals surface area (Å²) >= 11 is 3.47. The zero-order chi connectivity index (χ0) is 47.7. The quantitative estimate of drug-likeness (QED) is 0.0539. The van der Waals surface area contributed by atoms with Crippen molar-refractivity contribution in [1.29, 1.82) is 0 Å². The van der Waals surface area contributed by atoms with Gasteiger partial charge in [0.05, 0.1) is 66.3 Å². The van der Waals surface area contributed by atoms with Crippen molar-refractivity contribution >= 4 is 74.6 Å². The maximum atomic E-state index is 12.6. The molecule has 23 nitrogen and oxygen atoms in total. The van der Waals surface area contributed by atoms with E-state index in [1.165, 1.54) is 31.0 Å². The van der Waals surface area contributed by atoms with Gasteiger partial charge in [-0.15, -0.1) is 20.4 Å². The van der Waals surface area contributed by atoms with E-state index in [1.807, 2.05) is 33.4 Å². The summed E-state index contributed by atoms with van der Waals surface area (Å²) in [4.78, 5) is 29.2. The number of nitrogens with zero attached hydrogens (tertiary/aromatic N) is 14. The molecule has 0 saturated heterocycles. The van der Waals surface area contributed by atoms with E-state index in [0.29, 0.717) is 47.6 Å². The lowest BCUT2D eigenvalue weighted by Gasteiger charge is -2.09. The molecule has 0 bridgehead atoms. The number of benzene rings is 2. The highest BCUT2D eigenvalue weighted by atomic mass is 79.9. The molecular formula is C39H33BBrF4N17O6. The van der Waals surface area contributed by atoms with Gasteiger partial charge in [0.15, 0.2) is 0 Å². The van der Waals surface area contributed by atoms with Crippen molar-refractivity contribution in [3.05, 3.63) is 102 Å². The van der Waals surface area contributed by atoms with E-state index in [1.54, 1.807) is 31.1 Å². The number of alkyl halides is 4. The van der Waals surface area contributed by atoms with Crippen LogP contribution < -0.4 is 10.6 Å². The van der Waals surface area contributed by atoms with Crippen LogP contribution in [0.2, 0.25) is 0 Å². The largest absolute Gasteiger partial charge is 0.489 e. The van der Waals surface area contributed by atoms with E-state index in [2.05, 4.69) is 92.1 Å². The Morgan fingerprint density at radius 3 is 1.66 bits per heavy atom. The number of hydrogen-bond acceptors (Lipinski definition) is 20. The first kappa shape index (κ1) is 46.7. The number of aliphatic hydroxyl groups is 2. The SMILES string of the molecule is OB(O)C1=CCN=C1.OCCn1cnc2c(-c3cn[nH]c3)cc(Nc3ncc(-c4nnc(C(F)F)o4)cn3)cc21.OCCn1cnc2c(Br)cc(Nc3ncc(-c4nnc(C(F)F)o4)cn3)cc21. The summed E-state index contributed by atoms with van der Waals surface area (Å²) in [7, 11) is -1.35. The highest BCUT2D eigenvalue weighted by Crippen LogP contribution is 2.33. The minimum atomic E-state index is -2.85. The molecule has 9 aromatic rings.